The first-order valence-electron chi connectivity index (χ1n) is 6.26. The summed E-state index contributed by atoms with van der Waals surface area (Å²) in [6.45, 7) is 0. The van der Waals surface area contributed by atoms with Gasteiger partial charge < -0.3 is 5.21 Å². The van der Waals surface area contributed by atoms with Gasteiger partial charge in [-0.3, -0.25) is 14.8 Å². The standard InChI is InChI=1S/C8H5NO3.C6H5N3O/c10-7-5-3-1-2-4-6(5)8(11)9(7)12;10-9-6-4-2-1-3-5(6)7-8-9/h1-4,12H;1-4,10H. The molecule has 2 N–H and O–H groups in total. The van der Waals surface area contributed by atoms with Gasteiger partial charge in [-0.05, 0) is 29.5 Å². The minimum absolute atomic E-state index is 0.130. The highest BCUT2D eigenvalue weighted by molar-refractivity contribution is 6.20. The van der Waals surface area contributed by atoms with Crippen molar-refractivity contribution in [3.8, 4) is 0 Å². The summed E-state index contributed by atoms with van der Waals surface area (Å²) in [6, 6.07) is 13.5. The third-order valence-corrected chi connectivity index (χ3v) is 3.11. The molecule has 0 saturated heterocycles. The molecule has 1 aliphatic heterocycles. The zero-order chi connectivity index (χ0) is 15.7. The number of imide groups is 1. The van der Waals surface area contributed by atoms with Gasteiger partial charge in [0, 0.05) is 0 Å². The van der Waals surface area contributed by atoms with Gasteiger partial charge in [0.2, 0.25) is 0 Å². The summed E-state index contributed by atoms with van der Waals surface area (Å²) < 4.78 is 0. The molecule has 8 nitrogen and oxygen atoms in total. The molecule has 0 saturated carbocycles. The molecule has 2 amide bonds. The summed E-state index contributed by atoms with van der Waals surface area (Å²) in [4.78, 5) is 22.9. The Morgan fingerprint density at radius 1 is 0.818 bits per heavy atom. The molecule has 4 rings (SSSR count). The summed E-state index contributed by atoms with van der Waals surface area (Å²) in [6.07, 6.45) is 0. The molecule has 110 valence electrons. The summed E-state index contributed by atoms with van der Waals surface area (Å²) in [5, 5.41) is 25.1. The van der Waals surface area contributed by atoms with Gasteiger partial charge in [0.25, 0.3) is 11.8 Å². The largest absolute Gasteiger partial charge is 0.410 e. The van der Waals surface area contributed by atoms with E-state index >= 15 is 0 Å². The Morgan fingerprint density at radius 3 is 1.95 bits per heavy atom. The molecule has 0 atom stereocenters. The number of hydrogen-bond acceptors (Lipinski definition) is 6. The molecule has 3 aromatic rings. The number of hydroxylamine groups is 2. The van der Waals surface area contributed by atoms with Crippen molar-refractivity contribution in [2.75, 3.05) is 0 Å². The molecule has 0 bridgehead atoms. The number of carbonyl (C=O) groups is 2. The number of benzene rings is 2. The van der Waals surface area contributed by atoms with Crippen LogP contribution in [0.5, 0.6) is 0 Å². The van der Waals surface area contributed by atoms with E-state index in [9.17, 15) is 9.59 Å². The van der Waals surface area contributed by atoms with Gasteiger partial charge in [0.1, 0.15) is 11.0 Å². The van der Waals surface area contributed by atoms with Gasteiger partial charge in [0.15, 0.2) is 0 Å². The Bertz CT molecular complexity index is 839. The van der Waals surface area contributed by atoms with Gasteiger partial charge in [-0.1, -0.05) is 29.1 Å². The third-order valence-electron chi connectivity index (χ3n) is 3.11. The number of carbonyl (C=O) groups excluding carboxylic acids is 2. The molecule has 0 radical (unpaired) electrons. The molecule has 2 aromatic carbocycles. The first kappa shape index (κ1) is 13.7. The van der Waals surface area contributed by atoms with E-state index in [1.54, 1.807) is 24.3 Å². The average molecular weight is 298 g/mol. The Labute approximate surface area is 123 Å². The van der Waals surface area contributed by atoms with Gasteiger partial charge >= 0.3 is 0 Å². The van der Waals surface area contributed by atoms with Gasteiger partial charge in [-0.15, -0.1) is 10.2 Å². The number of nitrogens with zero attached hydrogens (tertiary/aromatic N) is 4. The lowest BCUT2D eigenvalue weighted by Gasteiger charge is -1.99. The average Bonchev–Trinajstić information content (AvgIpc) is 3.04. The number of amides is 2. The lowest BCUT2D eigenvalue weighted by molar-refractivity contribution is -0.0327. The second kappa shape index (κ2) is 5.26. The van der Waals surface area contributed by atoms with E-state index in [2.05, 4.69) is 10.3 Å². The van der Waals surface area contributed by atoms with Crippen LogP contribution < -0.4 is 0 Å². The van der Waals surface area contributed by atoms with Crippen LogP contribution in [0.2, 0.25) is 0 Å². The predicted molar refractivity (Wildman–Crippen MR) is 73.4 cm³/mol. The van der Waals surface area contributed by atoms with E-state index in [4.69, 9.17) is 10.4 Å². The number of aromatic nitrogens is 3. The minimum atomic E-state index is -0.657. The molecule has 8 heteroatoms. The number of fused-ring (bicyclic) bond motifs is 2. The Morgan fingerprint density at radius 2 is 1.36 bits per heavy atom. The molecule has 22 heavy (non-hydrogen) atoms. The first-order valence-corrected chi connectivity index (χ1v) is 6.26. The normalized spacial score (nSPS) is 13.0. The summed E-state index contributed by atoms with van der Waals surface area (Å²) in [5.74, 6) is -1.31. The summed E-state index contributed by atoms with van der Waals surface area (Å²) in [5.41, 5.74) is 1.84. The summed E-state index contributed by atoms with van der Waals surface area (Å²) in [7, 11) is 0. The molecular weight excluding hydrogens is 288 g/mol. The van der Waals surface area contributed by atoms with Crippen molar-refractivity contribution in [1.82, 2.24) is 20.2 Å². The van der Waals surface area contributed by atoms with Crippen molar-refractivity contribution in [1.29, 1.82) is 0 Å². The number of para-hydroxylation sites is 1. The zero-order valence-electron chi connectivity index (χ0n) is 11.1. The van der Waals surface area contributed by atoms with Crippen LogP contribution in [0.1, 0.15) is 20.7 Å². The third kappa shape index (κ3) is 2.17. The van der Waals surface area contributed by atoms with E-state index < -0.39 is 11.8 Å². The Kier molecular flexibility index (Phi) is 3.28. The first-order chi connectivity index (χ1) is 10.6. The van der Waals surface area contributed by atoms with Crippen molar-refractivity contribution >= 4 is 22.8 Å². The molecule has 2 heterocycles. The van der Waals surface area contributed by atoms with E-state index in [1.807, 2.05) is 12.1 Å². The minimum Gasteiger partial charge on any atom is -0.410 e. The topological polar surface area (TPSA) is 109 Å². The van der Waals surface area contributed by atoms with Crippen LogP contribution in [-0.4, -0.2) is 42.4 Å². The monoisotopic (exact) mass is 298 g/mol. The lowest BCUT2D eigenvalue weighted by atomic mass is 10.1. The molecule has 1 aliphatic rings. The second-order valence-electron chi connectivity index (χ2n) is 4.44. The van der Waals surface area contributed by atoms with E-state index in [0.29, 0.717) is 11.0 Å². The highest BCUT2D eigenvalue weighted by Crippen LogP contribution is 2.19. The van der Waals surface area contributed by atoms with Gasteiger partial charge in [-0.2, -0.15) is 0 Å². The van der Waals surface area contributed by atoms with Crippen LogP contribution >= 0.6 is 0 Å². The SMILES string of the molecule is O=C1c2ccccc2C(=O)N1O.On1nnc2ccccc21. The lowest BCUT2D eigenvalue weighted by Crippen LogP contribution is -2.25. The maximum absolute atomic E-state index is 11.1. The van der Waals surface area contributed by atoms with E-state index in [-0.39, 0.29) is 16.2 Å². The van der Waals surface area contributed by atoms with Crippen molar-refractivity contribution in [3.63, 3.8) is 0 Å². The fourth-order valence-electron chi connectivity index (χ4n) is 2.03. The quantitative estimate of drug-likeness (QED) is 0.368. The Balaban J connectivity index is 0.000000133. The van der Waals surface area contributed by atoms with Crippen LogP contribution in [0.4, 0.5) is 0 Å². The molecule has 1 aromatic heterocycles. The van der Waals surface area contributed by atoms with Crippen molar-refractivity contribution in [2.45, 2.75) is 0 Å². The maximum Gasteiger partial charge on any atom is 0.285 e. The maximum atomic E-state index is 11.1. The summed E-state index contributed by atoms with van der Waals surface area (Å²) >= 11 is 0. The van der Waals surface area contributed by atoms with Crippen LogP contribution in [0.15, 0.2) is 48.5 Å². The smallest absolute Gasteiger partial charge is 0.285 e. The highest BCUT2D eigenvalue weighted by atomic mass is 16.5. The zero-order valence-corrected chi connectivity index (χ0v) is 11.1. The van der Waals surface area contributed by atoms with Crippen LogP contribution in [0.25, 0.3) is 11.0 Å². The predicted octanol–water partition coefficient (Wildman–Crippen LogP) is 1.34. The van der Waals surface area contributed by atoms with Crippen LogP contribution in [0, 0.1) is 0 Å². The Hall–Kier alpha value is -3.26. The van der Waals surface area contributed by atoms with Crippen LogP contribution in [-0.2, 0) is 0 Å². The fraction of sp³-hybridized carbons (Fsp3) is 0. The van der Waals surface area contributed by atoms with Crippen molar-refractivity contribution < 1.29 is 20.0 Å². The van der Waals surface area contributed by atoms with Gasteiger partial charge in [0.05, 0.1) is 11.1 Å². The van der Waals surface area contributed by atoms with E-state index in [0.717, 1.165) is 4.85 Å². The molecule has 0 unspecified atom stereocenters. The van der Waals surface area contributed by atoms with Crippen LogP contribution in [0.3, 0.4) is 0 Å². The number of hydrogen-bond donors (Lipinski definition) is 2. The fourth-order valence-corrected chi connectivity index (χ4v) is 2.03. The van der Waals surface area contributed by atoms with E-state index in [1.165, 1.54) is 12.1 Å². The van der Waals surface area contributed by atoms with Crippen molar-refractivity contribution in [2.24, 2.45) is 0 Å². The molecular formula is C14H10N4O4. The second-order valence-corrected chi connectivity index (χ2v) is 4.44. The molecule has 0 spiro atoms. The number of rotatable bonds is 0. The highest BCUT2D eigenvalue weighted by Gasteiger charge is 2.33. The molecule has 0 aliphatic carbocycles. The van der Waals surface area contributed by atoms with Crippen molar-refractivity contribution in [3.05, 3.63) is 59.7 Å². The molecule has 0 fully saturated rings. The van der Waals surface area contributed by atoms with Gasteiger partial charge in [-0.25, -0.2) is 0 Å².